The van der Waals surface area contributed by atoms with E-state index in [0.29, 0.717) is 0 Å². The summed E-state index contributed by atoms with van der Waals surface area (Å²) in [6.45, 7) is 0. The summed E-state index contributed by atoms with van der Waals surface area (Å²) < 4.78 is 6.71. The van der Waals surface area contributed by atoms with Crippen LogP contribution in [0.1, 0.15) is 0 Å². The fourth-order valence-electron chi connectivity index (χ4n) is 8.95. The van der Waals surface area contributed by atoms with Gasteiger partial charge in [-0.1, -0.05) is 200 Å². The van der Waals surface area contributed by atoms with Gasteiger partial charge >= 0.3 is 0 Å². The van der Waals surface area contributed by atoms with Gasteiger partial charge in [0.1, 0.15) is 11.2 Å². The molecular weight excluding hydrogens is 727 g/mol. The first kappa shape index (κ1) is 35.2. The van der Waals surface area contributed by atoms with Crippen LogP contribution >= 0.6 is 0 Å². The van der Waals surface area contributed by atoms with Crippen LogP contribution in [0.5, 0.6) is 0 Å². The highest BCUT2D eigenvalue weighted by atomic mass is 16.3. The molecule has 0 bridgehead atoms. The monoisotopic (exact) mass is 765 g/mol. The van der Waals surface area contributed by atoms with Crippen LogP contribution in [0.4, 0.5) is 17.1 Å². The summed E-state index contributed by atoms with van der Waals surface area (Å²) in [5.41, 5.74) is 16.7. The molecule has 0 fully saturated rings. The minimum absolute atomic E-state index is 0.874. The molecule has 0 aliphatic carbocycles. The van der Waals surface area contributed by atoms with Gasteiger partial charge in [-0.25, -0.2) is 0 Å². The Labute approximate surface area is 349 Å². The molecule has 0 unspecified atom stereocenters. The van der Waals surface area contributed by atoms with Crippen molar-refractivity contribution in [3.63, 3.8) is 0 Å². The largest absolute Gasteiger partial charge is 0.455 e. The zero-order valence-electron chi connectivity index (χ0n) is 32.9. The quantitative estimate of drug-likeness (QED) is 0.153. The zero-order valence-corrected chi connectivity index (χ0v) is 32.9. The molecule has 282 valence electrons. The summed E-state index contributed by atoms with van der Waals surface area (Å²) in [6.07, 6.45) is 0. The van der Waals surface area contributed by atoms with Crippen molar-refractivity contribution in [3.8, 4) is 55.6 Å². The van der Waals surface area contributed by atoms with Crippen molar-refractivity contribution in [2.24, 2.45) is 0 Å². The molecule has 0 atom stereocenters. The van der Waals surface area contributed by atoms with E-state index in [9.17, 15) is 0 Å². The van der Waals surface area contributed by atoms with Gasteiger partial charge < -0.3 is 9.32 Å². The summed E-state index contributed by atoms with van der Waals surface area (Å²) in [7, 11) is 0. The number of rotatable bonds is 8. The van der Waals surface area contributed by atoms with Gasteiger partial charge in [0.25, 0.3) is 0 Å². The first-order valence-corrected chi connectivity index (χ1v) is 20.5. The lowest BCUT2D eigenvalue weighted by Gasteiger charge is -2.30. The number of hydrogen-bond donors (Lipinski definition) is 0. The van der Waals surface area contributed by atoms with Crippen LogP contribution in [0.15, 0.2) is 241 Å². The molecule has 11 rings (SSSR count). The number of fused-ring (bicyclic) bond motifs is 5. The molecule has 11 aromatic rings. The Kier molecular flexibility index (Phi) is 8.87. The average molecular weight is 766 g/mol. The topological polar surface area (TPSA) is 16.4 Å². The van der Waals surface area contributed by atoms with Crippen molar-refractivity contribution < 1.29 is 4.42 Å². The molecule has 1 heterocycles. The third kappa shape index (κ3) is 6.14. The molecular formula is C58H39NO. The SMILES string of the molecule is c1ccc(-c2ccc(N(c3ccccc3-c3ccccc3-c3ccccc3-c3ccccc3)c3ccccc3-c3cccc4oc5c6ccccc6ccc5c34)cc2)cc1. The van der Waals surface area contributed by atoms with Gasteiger partial charge in [-0.05, 0) is 86.3 Å². The molecule has 0 amide bonds. The Morgan fingerprint density at radius 1 is 0.283 bits per heavy atom. The van der Waals surface area contributed by atoms with Crippen molar-refractivity contribution in [1.82, 2.24) is 0 Å². The number of anilines is 3. The first-order valence-electron chi connectivity index (χ1n) is 20.5. The Morgan fingerprint density at radius 3 is 1.45 bits per heavy atom. The Morgan fingerprint density at radius 2 is 0.767 bits per heavy atom. The smallest absolute Gasteiger partial charge is 0.143 e. The Hall–Kier alpha value is -7.94. The molecule has 0 radical (unpaired) electrons. The lowest BCUT2D eigenvalue weighted by atomic mass is 9.88. The van der Waals surface area contributed by atoms with Crippen molar-refractivity contribution in [3.05, 3.63) is 237 Å². The average Bonchev–Trinajstić information content (AvgIpc) is 3.73. The normalized spacial score (nSPS) is 11.3. The maximum Gasteiger partial charge on any atom is 0.143 e. The first-order chi connectivity index (χ1) is 29.8. The van der Waals surface area contributed by atoms with Crippen molar-refractivity contribution in [2.75, 3.05) is 4.90 Å². The molecule has 0 spiro atoms. The van der Waals surface area contributed by atoms with E-state index in [1.54, 1.807) is 0 Å². The number of nitrogens with zero attached hydrogens (tertiary/aromatic N) is 1. The fraction of sp³-hybridized carbons (Fsp3) is 0. The predicted octanol–water partition coefficient (Wildman–Crippen LogP) is 16.5. The second-order valence-electron chi connectivity index (χ2n) is 15.2. The van der Waals surface area contributed by atoms with E-state index in [-0.39, 0.29) is 0 Å². The standard InChI is InChI=1S/C58H39NO/c1-3-18-40(19-4-1)41-34-37-44(38-35-41)59(54-31-15-13-28-50(54)49-27-12-11-26-48(49)47-25-10-9-23-45(47)42-20-5-2-6-21-42)55-32-16-14-29-51(55)52-30-17-33-56-57(52)53-39-36-43-22-7-8-24-46(43)58(53)60-56/h1-39H. The van der Waals surface area contributed by atoms with Crippen molar-refractivity contribution >= 4 is 49.8 Å². The van der Waals surface area contributed by atoms with Crippen molar-refractivity contribution in [2.45, 2.75) is 0 Å². The molecule has 0 N–H and O–H groups in total. The Bertz CT molecular complexity index is 3310. The van der Waals surface area contributed by atoms with Crippen LogP contribution in [0.25, 0.3) is 88.3 Å². The van der Waals surface area contributed by atoms with E-state index < -0.39 is 0 Å². The number of hydrogen-bond acceptors (Lipinski definition) is 2. The van der Waals surface area contributed by atoms with Crippen LogP contribution in [-0.2, 0) is 0 Å². The summed E-state index contributed by atoms with van der Waals surface area (Å²) in [5, 5.41) is 4.51. The molecule has 2 heteroatoms. The minimum Gasteiger partial charge on any atom is -0.455 e. The molecule has 0 saturated carbocycles. The van der Waals surface area contributed by atoms with Crippen LogP contribution < -0.4 is 4.90 Å². The second kappa shape index (κ2) is 15.1. The lowest BCUT2D eigenvalue weighted by Crippen LogP contribution is -2.12. The lowest BCUT2D eigenvalue weighted by molar-refractivity contribution is 0.673. The maximum absolute atomic E-state index is 6.71. The summed E-state index contributed by atoms with van der Waals surface area (Å²) in [4.78, 5) is 2.44. The van der Waals surface area contributed by atoms with E-state index >= 15 is 0 Å². The van der Waals surface area contributed by atoms with Crippen molar-refractivity contribution in [1.29, 1.82) is 0 Å². The highest BCUT2D eigenvalue weighted by molar-refractivity contribution is 6.20. The molecule has 0 aliphatic rings. The highest BCUT2D eigenvalue weighted by Crippen LogP contribution is 2.49. The number of para-hydroxylation sites is 2. The summed E-state index contributed by atoms with van der Waals surface area (Å²) in [6, 6.07) is 84.8. The third-order valence-electron chi connectivity index (χ3n) is 11.7. The van der Waals surface area contributed by atoms with E-state index in [1.165, 1.54) is 38.8 Å². The molecule has 60 heavy (non-hydrogen) atoms. The van der Waals surface area contributed by atoms with Gasteiger partial charge in [-0.3, -0.25) is 0 Å². The molecule has 1 aromatic heterocycles. The maximum atomic E-state index is 6.71. The predicted molar refractivity (Wildman–Crippen MR) is 253 cm³/mol. The molecule has 0 saturated heterocycles. The molecule has 10 aromatic carbocycles. The van der Waals surface area contributed by atoms with Crippen LogP contribution in [-0.4, -0.2) is 0 Å². The van der Waals surface area contributed by atoms with Gasteiger partial charge in [0.05, 0.1) is 11.4 Å². The molecule has 2 nitrogen and oxygen atoms in total. The van der Waals surface area contributed by atoms with Crippen LogP contribution in [0, 0.1) is 0 Å². The number of furan rings is 1. The van der Waals surface area contributed by atoms with E-state index in [4.69, 9.17) is 4.42 Å². The second-order valence-corrected chi connectivity index (χ2v) is 15.2. The van der Waals surface area contributed by atoms with Gasteiger partial charge in [0.15, 0.2) is 0 Å². The summed E-state index contributed by atoms with van der Waals surface area (Å²) in [5.74, 6) is 0. The Balaban J connectivity index is 1.15. The third-order valence-corrected chi connectivity index (χ3v) is 11.7. The fourth-order valence-corrected chi connectivity index (χ4v) is 8.95. The van der Waals surface area contributed by atoms with Crippen LogP contribution in [0.3, 0.4) is 0 Å². The minimum atomic E-state index is 0.874. The number of benzene rings is 10. The van der Waals surface area contributed by atoms with Gasteiger partial charge in [0, 0.05) is 33.0 Å². The van der Waals surface area contributed by atoms with E-state index in [0.717, 1.165) is 66.6 Å². The summed E-state index contributed by atoms with van der Waals surface area (Å²) >= 11 is 0. The molecule has 0 aliphatic heterocycles. The van der Waals surface area contributed by atoms with E-state index in [2.05, 4.69) is 241 Å². The van der Waals surface area contributed by atoms with Gasteiger partial charge in [-0.2, -0.15) is 0 Å². The van der Waals surface area contributed by atoms with E-state index in [1.807, 2.05) is 0 Å². The van der Waals surface area contributed by atoms with Gasteiger partial charge in [0.2, 0.25) is 0 Å². The van der Waals surface area contributed by atoms with Gasteiger partial charge in [-0.15, -0.1) is 0 Å². The highest BCUT2D eigenvalue weighted by Gasteiger charge is 2.24. The zero-order chi connectivity index (χ0) is 39.8. The van der Waals surface area contributed by atoms with Crippen LogP contribution in [0.2, 0.25) is 0 Å².